The maximum Gasteiger partial charge on any atom is 0.333 e. The second kappa shape index (κ2) is 11.4. The van der Waals surface area contributed by atoms with Gasteiger partial charge in [-0.2, -0.15) is 0 Å². The lowest BCUT2D eigenvalue weighted by atomic mass is 9.67. The summed E-state index contributed by atoms with van der Waals surface area (Å²) in [5.41, 5.74) is 6.68. The summed E-state index contributed by atoms with van der Waals surface area (Å²) in [5, 5.41) is 21.4. The Balaban J connectivity index is 1.08. The van der Waals surface area contributed by atoms with Gasteiger partial charge in [0.25, 0.3) is 0 Å². The standard InChI is InChI=1S/C29H47FN6O4/c30-19-11-16-10-17(29(37)38)15-36-23-14-25-22(33-20-3-2-18(31)12-24(20)40-25)13-21(23)34-27(28(16)36)26(19)32-4-1-5-35-6-8-39-9-7-35/h15-16,18-28,32-34H,1-14,31H2,(H,37,38). The number of carbonyl (C=O) groups is 1. The van der Waals surface area contributed by atoms with E-state index in [0.29, 0.717) is 24.5 Å². The minimum atomic E-state index is -1.01. The highest BCUT2D eigenvalue weighted by atomic mass is 19.1. The van der Waals surface area contributed by atoms with Crippen molar-refractivity contribution in [1.29, 1.82) is 0 Å². The van der Waals surface area contributed by atoms with Gasteiger partial charge in [-0.3, -0.25) is 4.90 Å². The van der Waals surface area contributed by atoms with Gasteiger partial charge in [0.2, 0.25) is 0 Å². The van der Waals surface area contributed by atoms with Gasteiger partial charge < -0.3 is 41.2 Å². The van der Waals surface area contributed by atoms with Gasteiger partial charge in [-0.05, 0) is 70.4 Å². The lowest BCUT2D eigenvalue weighted by Crippen LogP contribution is -2.79. The molecule has 10 nitrogen and oxygen atoms in total. The summed E-state index contributed by atoms with van der Waals surface area (Å²) in [6.07, 6.45) is 7.62. The van der Waals surface area contributed by atoms with Crippen LogP contribution in [0.3, 0.4) is 0 Å². The minimum absolute atomic E-state index is 0.0141. The molecule has 3 saturated heterocycles. The fourth-order valence-electron chi connectivity index (χ4n) is 9.08. The molecule has 224 valence electrons. The first-order valence-corrected chi connectivity index (χ1v) is 15.8. The summed E-state index contributed by atoms with van der Waals surface area (Å²) < 4.78 is 28.0. The number of nitrogens with two attached hydrogens (primary N) is 1. The third-order valence-corrected chi connectivity index (χ3v) is 11.0. The van der Waals surface area contributed by atoms with Gasteiger partial charge in [0, 0.05) is 61.6 Å². The van der Waals surface area contributed by atoms with Crippen molar-refractivity contribution >= 4 is 5.97 Å². The molecule has 11 heteroatoms. The van der Waals surface area contributed by atoms with Crippen molar-refractivity contribution in [2.75, 3.05) is 39.4 Å². The van der Waals surface area contributed by atoms with Crippen LogP contribution in [-0.4, -0.2) is 127 Å². The first-order valence-electron chi connectivity index (χ1n) is 15.8. The third kappa shape index (κ3) is 5.20. The summed E-state index contributed by atoms with van der Waals surface area (Å²) in [7, 11) is 0. The molecule has 0 radical (unpaired) electrons. The van der Waals surface area contributed by atoms with Crippen LogP contribution in [0.15, 0.2) is 11.8 Å². The van der Waals surface area contributed by atoms with Crippen LogP contribution in [-0.2, 0) is 14.3 Å². The fraction of sp³-hybridized carbons (Fsp3) is 0.897. The predicted octanol–water partition coefficient (Wildman–Crippen LogP) is 0.176. The van der Waals surface area contributed by atoms with Gasteiger partial charge in [-0.15, -0.1) is 0 Å². The average Bonchev–Trinajstić information content (AvgIpc) is 2.95. The van der Waals surface area contributed by atoms with E-state index in [1.165, 1.54) is 0 Å². The van der Waals surface area contributed by atoms with Crippen LogP contribution in [0.25, 0.3) is 0 Å². The maximum atomic E-state index is 15.9. The Bertz CT molecular complexity index is 967. The number of nitrogens with one attached hydrogen (secondary N) is 3. The molecule has 4 aliphatic heterocycles. The van der Waals surface area contributed by atoms with Gasteiger partial charge in [0.15, 0.2) is 0 Å². The molecule has 6 N–H and O–H groups in total. The highest BCUT2D eigenvalue weighted by Crippen LogP contribution is 2.45. The highest BCUT2D eigenvalue weighted by molar-refractivity contribution is 5.86. The predicted molar refractivity (Wildman–Crippen MR) is 148 cm³/mol. The molecule has 0 aromatic rings. The molecule has 0 amide bonds. The number of rotatable bonds is 6. The van der Waals surface area contributed by atoms with Gasteiger partial charge in [-0.25, -0.2) is 9.18 Å². The van der Waals surface area contributed by atoms with E-state index < -0.39 is 12.1 Å². The van der Waals surface area contributed by atoms with Crippen LogP contribution < -0.4 is 21.7 Å². The van der Waals surface area contributed by atoms with Crippen LogP contribution in [0.4, 0.5) is 4.39 Å². The normalized spacial score (nSPS) is 46.9. The number of carboxylic acids is 1. The number of alkyl halides is 1. The van der Waals surface area contributed by atoms with Gasteiger partial charge in [0.1, 0.15) is 6.17 Å². The topological polar surface area (TPSA) is 124 Å². The molecule has 6 fully saturated rings. The molecule has 12 atom stereocenters. The van der Waals surface area contributed by atoms with Crippen LogP contribution >= 0.6 is 0 Å². The average molecular weight is 563 g/mol. The smallest absolute Gasteiger partial charge is 0.333 e. The summed E-state index contributed by atoms with van der Waals surface area (Å²) in [5.74, 6) is -0.896. The van der Waals surface area contributed by atoms with Gasteiger partial charge >= 0.3 is 5.97 Å². The first-order chi connectivity index (χ1) is 19.4. The minimum Gasteiger partial charge on any atom is -0.478 e. The molecule has 0 aromatic heterocycles. The fourth-order valence-corrected chi connectivity index (χ4v) is 9.08. The molecule has 3 aliphatic carbocycles. The summed E-state index contributed by atoms with van der Waals surface area (Å²) in [6.45, 7) is 5.28. The van der Waals surface area contributed by atoms with Crippen LogP contribution in [0.2, 0.25) is 0 Å². The molecule has 7 rings (SSSR count). The summed E-state index contributed by atoms with van der Waals surface area (Å²) in [6, 6.07) is 0.801. The Kier molecular flexibility index (Phi) is 7.83. The first kappa shape index (κ1) is 27.5. The van der Waals surface area contributed by atoms with Crippen LogP contribution in [0, 0.1) is 5.92 Å². The Morgan fingerprint density at radius 2 is 1.93 bits per heavy atom. The van der Waals surface area contributed by atoms with Crippen molar-refractivity contribution in [3.05, 3.63) is 11.8 Å². The molecule has 0 bridgehead atoms. The number of nitrogens with zero attached hydrogens (tertiary/aromatic N) is 2. The Morgan fingerprint density at radius 1 is 1.10 bits per heavy atom. The van der Waals surface area contributed by atoms with Crippen molar-refractivity contribution in [2.24, 2.45) is 11.7 Å². The molecular weight excluding hydrogens is 515 g/mol. The Morgan fingerprint density at radius 3 is 2.75 bits per heavy atom. The van der Waals surface area contributed by atoms with E-state index in [1.807, 2.05) is 6.20 Å². The van der Waals surface area contributed by atoms with Crippen molar-refractivity contribution in [1.82, 2.24) is 25.8 Å². The second-order valence-corrected chi connectivity index (χ2v) is 13.4. The SMILES string of the molecule is NC1CCC2NC3CC4NC5C(NCCCN6CCOCC6)C(F)CC6CC(C(=O)O)=CN(C4CC3OC2C1)C65. The number of hydrogen-bond acceptors (Lipinski definition) is 9. The molecular formula is C29H47FN6O4. The molecule has 0 aromatic carbocycles. The molecule has 40 heavy (non-hydrogen) atoms. The Labute approximate surface area is 236 Å². The van der Waals surface area contributed by atoms with Crippen molar-refractivity contribution < 1.29 is 23.8 Å². The van der Waals surface area contributed by atoms with Crippen molar-refractivity contribution in [2.45, 2.75) is 118 Å². The highest BCUT2D eigenvalue weighted by Gasteiger charge is 2.57. The quantitative estimate of drug-likeness (QED) is 0.286. The zero-order chi connectivity index (χ0) is 27.4. The summed E-state index contributed by atoms with van der Waals surface area (Å²) in [4.78, 5) is 16.9. The van der Waals surface area contributed by atoms with E-state index in [1.54, 1.807) is 0 Å². The number of ether oxygens (including phenoxy) is 2. The molecule has 4 heterocycles. The maximum absolute atomic E-state index is 15.9. The lowest BCUT2D eigenvalue weighted by molar-refractivity contribution is -0.146. The zero-order valence-electron chi connectivity index (χ0n) is 23.4. The van der Waals surface area contributed by atoms with Gasteiger partial charge in [-0.1, -0.05) is 0 Å². The third-order valence-electron chi connectivity index (χ3n) is 11.0. The largest absolute Gasteiger partial charge is 0.478 e. The van der Waals surface area contributed by atoms with Crippen molar-refractivity contribution in [3.63, 3.8) is 0 Å². The van der Waals surface area contributed by atoms with E-state index in [9.17, 15) is 9.90 Å². The van der Waals surface area contributed by atoms with E-state index in [0.717, 1.165) is 77.9 Å². The molecule has 3 saturated carbocycles. The van der Waals surface area contributed by atoms with Crippen LogP contribution in [0.5, 0.6) is 0 Å². The zero-order valence-corrected chi connectivity index (χ0v) is 23.4. The number of halogens is 1. The van der Waals surface area contributed by atoms with Crippen molar-refractivity contribution in [3.8, 4) is 0 Å². The number of morpholine rings is 2. The number of carboxylic acid groups (broad SMARTS) is 1. The van der Waals surface area contributed by atoms with E-state index in [4.69, 9.17) is 15.2 Å². The number of piperazine rings is 1. The van der Waals surface area contributed by atoms with E-state index in [2.05, 4.69) is 25.8 Å². The number of aliphatic carboxylic acids is 1. The number of hydrogen-bond donors (Lipinski definition) is 5. The lowest BCUT2D eigenvalue weighted by Gasteiger charge is -2.62. The van der Waals surface area contributed by atoms with E-state index in [-0.39, 0.29) is 60.4 Å². The second-order valence-electron chi connectivity index (χ2n) is 13.4. The monoisotopic (exact) mass is 562 g/mol. The summed E-state index contributed by atoms with van der Waals surface area (Å²) >= 11 is 0. The van der Waals surface area contributed by atoms with E-state index >= 15 is 4.39 Å². The number of fused-ring (bicyclic) bond motifs is 4. The Hall–Kier alpha value is -1.34. The molecule has 7 aliphatic rings. The molecule has 12 unspecified atom stereocenters. The van der Waals surface area contributed by atoms with Crippen LogP contribution in [0.1, 0.15) is 51.4 Å². The molecule has 0 spiro atoms. The van der Waals surface area contributed by atoms with Gasteiger partial charge in [0.05, 0.1) is 37.0 Å².